The van der Waals surface area contributed by atoms with Gasteiger partial charge in [-0.25, -0.2) is 8.42 Å². The quantitative estimate of drug-likeness (QED) is 0.0625. The van der Waals surface area contributed by atoms with Crippen LogP contribution in [-0.4, -0.2) is 30.7 Å². The van der Waals surface area contributed by atoms with Crippen molar-refractivity contribution in [3.63, 3.8) is 0 Å². The molecule has 0 bridgehead atoms. The van der Waals surface area contributed by atoms with Crippen LogP contribution in [0.5, 0.6) is 0 Å². The molecule has 0 heterocycles. The van der Waals surface area contributed by atoms with Crippen molar-refractivity contribution in [2.45, 2.75) is 168 Å². The van der Waals surface area contributed by atoms with Gasteiger partial charge in [-0.2, -0.15) is 0 Å². The second-order valence-corrected chi connectivity index (χ2v) is 10.9. The van der Waals surface area contributed by atoms with Crippen LogP contribution in [0.1, 0.15) is 168 Å². The molecule has 0 aromatic rings. The van der Waals surface area contributed by atoms with E-state index in [-0.39, 0.29) is 36.2 Å². The minimum absolute atomic E-state index is 0. The molecule has 0 saturated heterocycles. The number of unbranched alkanes of at least 4 members (excludes halogenated alkanes) is 21. The summed E-state index contributed by atoms with van der Waals surface area (Å²) >= 11 is 0. The van der Waals surface area contributed by atoms with Gasteiger partial charge in [0.25, 0.3) is 0 Å². The summed E-state index contributed by atoms with van der Waals surface area (Å²) in [6.07, 6.45) is 29.0. The molecule has 0 aliphatic heterocycles. The van der Waals surface area contributed by atoms with E-state index in [0.29, 0.717) is 12.8 Å². The fraction of sp³-hybridized carbons (Fsp3) is 0.964. The molecule has 0 aromatic carbocycles. The second kappa shape index (κ2) is 33.4. The largest absolute Gasteiger partial charge is 1.00 e. The predicted octanol–water partition coefficient (Wildman–Crippen LogP) is 5.94. The van der Waals surface area contributed by atoms with Gasteiger partial charge in [-0.15, -0.1) is 0 Å². The number of carbonyl (C=O) groups is 1. The molecule has 0 saturated carbocycles. The zero-order valence-corrected chi connectivity index (χ0v) is 26.9. The Kier molecular flexibility index (Phi) is 37.8. The summed E-state index contributed by atoms with van der Waals surface area (Å²) in [5.74, 6) is -0.655. The Morgan fingerprint density at radius 2 is 0.861 bits per heavy atom. The van der Waals surface area contributed by atoms with E-state index in [9.17, 15) is 17.8 Å². The van der Waals surface area contributed by atoms with Crippen molar-refractivity contribution in [2.24, 2.45) is 0 Å². The van der Waals surface area contributed by atoms with Crippen molar-refractivity contribution >= 4 is 16.4 Å². The standard InChI is InChI=1S/C16H32O2.C12H26O4S.Na/c1-2-3-4-5-6-7-8-9-10-11-12-13-14-15-16(17)18;1-2-3-4-5-6-7-8-9-10-11-12-16-17(13,14)15;/h2-15H2,1H3,(H,17,18);2-12H2,1H3,(H,13,14,15);/q;;+1/p-1. The third-order valence-corrected chi connectivity index (χ3v) is 6.68. The summed E-state index contributed by atoms with van der Waals surface area (Å²) in [5.41, 5.74) is 0. The molecule has 0 rings (SSSR count). The first-order valence-corrected chi connectivity index (χ1v) is 16.0. The molecule has 8 heteroatoms. The van der Waals surface area contributed by atoms with Gasteiger partial charge in [0.05, 0.1) is 6.61 Å². The Morgan fingerprint density at radius 3 is 1.14 bits per heavy atom. The fourth-order valence-electron chi connectivity index (χ4n) is 4.04. The van der Waals surface area contributed by atoms with Crippen LogP contribution in [-0.2, 0) is 19.4 Å². The molecule has 0 unspecified atom stereocenters. The van der Waals surface area contributed by atoms with Gasteiger partial charge in [-0.3, -0.25) is 8.98 Å². The zero-order valence-electron chi connectivity index (χ0n) is 24.1. The Bertz CT molecular complexity index is 528. The number of hydrogen-bond donors (Lipinski definition) is 1. The topological polar surface area (TPSA) is 104 Å². The van der Waals surface area contributed by atoms with E-state index < -0.39 is 16.4 Å². The smallest absolute Gasteiger partial charge is 0.726 e. The average molecular weight is 545 g/mol. The maximum atomic E-state index is 10.3. The van der Waals surface area contributed by atoms with Crippen LogP contribution in [0.4, 0.5) is 0 Å². The molecule has 6 nitrogen and oxygen atoms in total. The monoisotopic (exact) mass is 544 g/mol. The molecule has 0 aliphatic carbocycles. The summed E-state index contributed by atoms with van der Waals surface area (Å²) in [5, 5.41) is 8.49. The van der Waals surface area contributed by atoms with E-state index in [1.807, 2.05) is 0 Å². The summed E-state index contributed by atoms with van der Waals surface area (Å²) in [6, 6.07) is 0. The normalized spacial score (nSPS) is 11.0. The van der Waals surface area contributed by atoms with Crippen molar-refractivity contribution in [1.82, 2.24) is 0 Å². The van der Waals surface area contributed by atoms with Crippen LogP contribution < -0.4 is 29.6 Å². The number of rotatable bonds is 26. The zero-order chi connectivity index (χ0) is 26.5. The molecule has 0 aliphatic rings. The molecule has 212 valence electrons. The van der Waals surface area contributed by atoms with Crippen LogP contribution >= 0.6 is 0 Å². The van der Waals surface area contributed by atoms with E-state index in [0.717, 1.165) is 25.7 Å². The third-order valence-electron chi connectivity index (χ3n) is 6.22. The molecule has 1 N–H and O–H groups in total. The Hall–Kier alpha value is 0.340. The van der Waals surface area contributed by atoms with Crippen molar-refractivity contribution in [1.29, 1.82) is 0 Å². The first-order valence-electron chi connectivity index (χ1n) is 14.7. The molecule has 36 heavy (non-hydrogen) atoms. The number of carboxylic acid groups (broad SMARTS) is 1. The maximum Gasteiger partial charge on any atom is 1.00 e. The Morgan fingerprint density at radius 1 is 0.583 bits per heavy atom. The molecule has 0 amide bonds. The van der Waals surface area contributed by atoms with Crippen molar-refractivity contribution in [3.8, 4) is 0 Å². The predicted molar refractivity (Wildman–Crippen MR) is 145 cm³/mol. The number of carboxylic acids is 1. The summed E-state index contributed by atoms with van der Waals surface area (Å²) < 4.78 is 34.5. The van der Waals surface area contributed by atoms with Crippen LogP contribution in [0.3, 0.4) is 0 Å². The van der Waals surface area contributed by atoms with Crippen molar-refractivity contribution in [2.75, 3.05) is 6.61 Å². The SMILES string of the molecule is CCCCCCCCCCCCCCCC(=O)O.CCCCCCCCCCCCOS(=O)(=O)[O-].[Na+]. The third kappa shape index (κ3) is 44.3. The Balaban J connectivity index is -0.000000590. The van der Waals surface area contributed by atoms with Gasteiger partial charge in [0.15, 0.2) is 0 Å². The van der Waals surface area contributed by atoms with Gasteiger partial charge in [0.2, 0.25) is 10.4 Å². The molecule has 0 aromatic heterocycles. The molecular formula is C28H57NaO6S. The van der Waals surface area contributed by atoms with Crippen molar-refractivity contribution in [3.05, 3.63) is 0 Å². The van der Waals surface area contributed by atoms with Gasteiger partial charge in [-0.05, 0) is 12.8 Å². The van der Waals surface area contributed by atoms with E-state index in [4.69, 9.17) is 5.11 Å². The fourth-order valence-corrected chi connectivity index (χ4v) is 4.37. The molecule has 0 atom stereocenters. The number of hydrogen-bond acceptors (Lipinski definition) is 5. The molecule has 0 fully saturated rings. The van der Waals surface area contributed by atoms with E-state index in [2.05, 4.69) is 18.0 Å². The average Bonchev–Trinajstić information content (AvgIpc) is 2.80. The van der Waals surface area contributed by atoms with Crippen LogP contribution in [0, 0.1) is 0 Å². The minimum Gasteiger partial charge on any atom is -0.726 e. The van der Waals surface area contributed by atoms with Gasteiger partial charge in [-0.1, -0.05) is 149 Å². The summed E-state index contributed by atoms with van der Waals surface area (Å²) in [6.45, 7) is 4.50. The molecule has 0 radical (unpaired) electrons. The second-order valence-electron chi connectivity index (χ2n) is 9.80. The van der Waals surface area contributed by atoms with E-state index in [1.54, 1.807) is 0 Å². The van der Waals surface area contributed by atoms with Crippen molar-refractivity contribution < 1.29 is 56.6 Å². The molecule has 0 spiro atoms. The van der Waals surface area contributed by atoms with Gasteiger partial charge >= 0.3 is 35.5 Å². The minimum atomic E-state index is -4.48. The van der Waals surface area contributed by atoms with Gasteiger partial charge in [0, 0.05) is 6.42 Å². The summed E-state index contributed by atoms with van der Waals surface area (Å²) in [4.78, 5) is 10.3. The Labute approximate surface area is 246 Å². The van der Waals surface area contributed by atoms with Crippen LogP contribution in [0.25, 0.3) is 0 Å². The van der Waals surface area contributed by atoms with Crippen LogP contribution in [0.2, 0.25) is 0 Å². The first kappa shape index (κ1) is 40.8. The van der Waals surface area contributed by atoms with E-state index >= 15 is 0 Å². The van der Waals surface area contributed by atoms with E-state index in [1.165, 1.54) is 116 Å². The maximum absolute atomic E-state index is 10.3. The first-order chi connectivity index (χ1) is 16.8. The summed E-state index contributed by atoms with van der Waals surface area (Å²) in [7, 11) is -4.48. The molecular weight excluding hydrogens is 487 g/mol. The van der Waals surface area contributed by atoms with Gasteiger partial charge < -0.3 is 9.66 Å². The van der Waals surface area contributed by atoms with Crippen LogP contribution in [0.15, 0.2) is 0 Å². The number of aliphatic carboxylic acids is 1. The van der Waals surface area contributed by atoms with Gasteiger partial charge in [0.1, 0.15) is 0 Å².